The third-order valence-electron chi connectivity index (χ3n) is 6.10. The highest BCUT2D eigenvalue weighted by Crippen LogP contribution is 2.39. The summed E-state index contributed by atoms with van der Waals surface area (Å²) in [5.41, 5.74) is 11.6. The maximum atomic E-state index is 12.1. The fourth-order valence-electron chi connectivity index (χ4n) is 4.43. The number of carboxylic acid groups (broad SMARTS) is 1. The van der Waals surface area contributed by atoms with Crippen molar-refractivity contribution in [1.82, 2.24) is 15.0 Å². The number of aromatic carboxylic acids is 1. The van der Waals surface area contributed by atoms with Crippen molar-refractivity contribution in [3.8, 4) is 22.8 Å². The molecule has 0 radical (unpaired) electrons. The lowest BCUT2D eigenvalue weighted by Gasteiger charge is -2.38. The molecule has 3 aromatic rings. The van der Waals surface area contributed by atoms with E-state index in [2.05, 4.69) is 25.9 Å². The van der Waals surface area contributed by atoms with Gasteiger partial charge in [0.2, 0.25) is 0 Å². The van der Waals surface area contributed by atoms with Crippen LogP contribution in [-0.2, 0) is 19.3 Å². The molecule has 1 fully saturated rings. The minimum absolute atomic E-state index is 0.298. The van der Waals surface area contributed by atoms with Crippen molar-refractivity contribution in [3.63, 3.8) is 0 Å². The van der Waals surface area contributed by atoms with Crippen molar-refractivity contribution < 1.29 is 9.90 Å². The minimum atomic E-state index is -0.898. The van der Waals surface area contributed by atoms with Crippen LogP contribution in [0.2, 0.25) is 0 Å². The average molecular weight is 453 g/mol. The van der Waals surface area contributed by atoms with Crippen LogP contribution in [0, 0.1) is 0 Å². The van der Waals surface area contributed by atoms with Crippen molar-refractivity contribution in [3.05, 3.63) is 57.3 Å². The number of rotatable bonds is 4. The molecule has 1 aromatic carbocycles. The van der Waals surface area contributed by atoms with E-state index in [0.29, 0.717) is 24.2 Å². The van der Waals surface area contributed by atoms with Gasteiger partial charge in [-0.2, -0.15) is 0 Å². The van der Waals surface area contributed by atoms with Gasteiger partial charge in [-0.25, -0.2) is 14.8 Å². The molecule has 2 aliphatic rings. The first-order chi connectivity index (χ1) is 13.9. The molecule has 0 atom stereocenters. The number of aromatic nitrogens is 3. The van der Waals surface area contributed by atoms with Crippen LogP contribution in [0.15, 0.2) is 34.9 Å². The molecular formula is C22H21BrN4O2. The zero-order valence-corrected chi connectivity index (χ0v) is 17.4. The topological polar surface area (TPSA) is 105 Å². The van der Waals surface area contributed by atoms with Crippen LogP contribution in [0.5, 0.6) is 0 Å². The molecule has 2 aliphatic carbocycles. The number of carbonyl (C=O) groups is 1. The average Bonchev–Trinajstić information content (AvgIpc) is 3.04. The fraction of sp³-hybridized carbons (Fsp3) is 0.318. The highest BCUT2D eigenvalue weighted by atomic mass is 79.9. The molecule has 1 saturated carbocycles. The number of halogens is 1. The van der Waals surface area contributed by atoms with Gasteiger partial charge in [0, 0.05) is 33.9 Å². The van der Waals surface area contributed by atoms with E-state index in [1.807, 2.05) is 30.5 Å². The number of fused-ring (bicyclic) bond motifs is 3. The summed E-state index contributed by atoms with van der Waals surface area (Å²) < 4.78 is 0.959. The van der Waals surface area contributed by atoms with Crippen LogP contribution in [0.4, 0.5) is 0 Å². The molecule has 5 rings (SSSR count). The van der Waals surface area contributed by atoms with Gasteiger partial charge in [-0.1, -0.05) is 28.1 Å². The summed E-state index contributed by atoms with van der Waals surface area (Å²) >= 11 is 3.49. The second kappa shape index (κ2) is 6.78. The predicted molar refractivity (Wildman–Crippen MR) is 114 cm³/mol. The summed E-state index contributed by atoms with van der Waals surface area (Å²) in [6.07, 6.45) is 6.78. The minimum Gasteiger partial charge on any atom is -0.478 e. The van der Waals surface area contributed by atoms with Crippen LogP contribution in [-0.4, -0.2) is 31.6 Å². The molecule has 0 spiro atoms. The number of benzene rings is 1. The Hall–Kier alpha value is -2.51. The summed E-state index contributed by atoms with van der Waals surface area (Å²) in [4.78, 5) is 24.8. The Labute approximate surface area is 176 Å². The van der Waals surface area contributed by atoms with Crippen LogP contribution in [0.1, 0.15) is 46.4 Å². The Bertz CT molecular complexity index is 1130. The van der Waals surface area contributed by atoms with Crippen molar-refractivity contribution in [1.29, 1.82) is 0 Å². The maximum absolute atomic E-state index is 12.1. The van der Waals surface area contributed by atoms with E-state index in [1.54, 1.807) is 0 Å². The van der Waals surface area contributed by atoms with Gasteiger partial charge in [0.25, 0.3) is 0 Å². The summed E-state index contributed by atoms with van der Waals surface area (Å²) in [5, 5.41) is 9.91. The Balaban J connectivity index is 1.63. The zero-order chi connectivity index (χ0) is 20.2. The van der Waals surface area contributed by atoms with Gasteiger partial charge in [0.1, 0.15) is 0 Å². The molecule has 148 valence electrons. The number of carboxylic acids is 1. The Morgan fingerprint density at radius 3 is 2.83 bits per heavy atom. The Morgan fingerprint density at radius 2 is 2.14 bits per heavy atom. The number of H-pyrrole nitrogens is 1. The van der Waals surface area contributed by atoms with Crippen molar-refractivity contribution in [2.75, 3.05) is 0 Å². The van der Waals surface area contributed by atoms with Gasteiger partial charge in [0.15, 0.2) is 5.82 Å². The second-order valence-corrected chi connectivity index (χ2v) is 9.02. The van der Waals surface area contributed by atoms with Crippen molar-refractivity contribution in [2.24, 2.45) is 5.73 Å². The van der Waals surface area contributed by atoms with Gasteiger partial charge in [-0.15, -0.1) is 0 Å². The monoisotopic (exact) mass is 452 g/mol. The van der Waals surface area contributed by atoms with Crippen LogP contribution in [0.25, 0.3) is 22.8 Å². The molecule has 6 nitrogen and oxygen atoms in total. The summed E-state index contributed by atoms with van der Waals surface area (Å²) in [7, 11) is 0. The largest absolute Gasteiger partial charge is 0.478 e. The fourth-order valence-corrected chi connectivity index (χ4v) is 4.83. The number of nitrogens with zero attached hydrogens (tertiary/aromatic N) is 2. The number of hydrogen-bond donors (Lipinski definition) is 3. The van der Waals surface area contributed by atoms with E-state index in [4.69, 9.17) is 10.7 Å². The smallest absolute Gasteiger partial charge is 0.337 e. The van der Waals surface area contributed by atoms with Crippen LogP contribution < -0.4 is 5.73 Å². The highest BCUT2D eigenvalue weighted by molar-refractivity contribution is 9.10. The molecule has 7 heteroatoms. The first-order valence-electron chi connectivity index (χ1n) is 9.82. The molecule has 4 N–H and O–H groups in total. The number of hydrogen-bond acceptors (Lipinski definition) is 4. The molecule has 2 heterocycles. The number of nitrogens with one attached hydrogen (secondary N) is 1. The molecule has 0 unspecified atom stereocenters. The van der Waals surface area contributed by atoms with E-state index in [1.165, 1.54) is 0 Å². The zero-order valence-electron chi connectivity index (χ0n) is 15.8. The molecule has 0 saturated heterocycles. The molecule has 0 aliphatic heterocycles. The molecular weight excluding hydrogens is 432 g/mol. The van der Waals surface area contributed by atoms with E-state index in [-0.39, 0.29) is 5.54 Å². The van der Waals surface area contributed by atoms with E-state index >= 15 is 0 Å². The normalized spacial score (nSPS) is 16.6. The van der Waals surface area contributed by atoms with Crippen LogP contribution in [0.3, 0.4) is 0 Å². The quantitative estimate of drug-likeness (QED) is 0.551. The number of nitrogens with two attached hydrogens (primary N) is 1. The number of aryl methyl sites for hydroxylation is 1. The van der Waals surface area contributed by atoms with E-state index in [9.17, 15) is 9.90 Å². The first kappa shape index (κ1) is 18.5. The van der Waals surface area contributed by atoms with Crippen LogP contribution >= 0.6 is 15.9 Å². The molecule has 29 heavy (non-hydrogen) atoms. The third kappa shape index (κ3) is 3.18. The van der Waals surface area contributed by atoms with Gasteiger partial charge in [0.05, 0.1) is 17.0 Å². The standard InChI is InChI=1S/C22H21BrN4O2/c23-14-4-1-3-12(9-14)20-25-11-13-5-6-15-17(21(28)29)16(10-22(24)7-2-8-22)26-19(15)18(13)27-20/h1,3-4,9,11,26H,2,5-8,10,24H2,(H,28,29). The SMILES string of the molecule is NC1(Cc2[nH]c3c(c2C(=O)O)CCc2cnc(-c4cccc(Br)c4)nc2-3)CCC1. The van der Waals surface area contributed by atoms with Gasteiger partial charge in [-0.3, -0.25) is 0 Å². The summed E-state index contributed by atoms with van der Waals surface area (Å²) in [6.45, 7) is 0. The van der Waals surface area contributed by atoms with Crippen molar-refractivity contribution in [2.45, 2.75) is 44.1 Å². The maximum Gasteiger partial charge on any atom is 0.337 e. The third-order valence-corrected chi connectivity index (χ3v) is 6.60. The molecule has 2 aromatic heterocycles. The van der Waals surface area contributed by atoms with E-state index in [0.717, 1.165) is 63.9 Å². The molecule has 0 amide bonds. The predicted octanol–water partition coefficient (Wildman–Crippen LogP) is 4.12. The lowest BCUT2D eigenvalue weighted by molar-refractivity contribution is 0.0694. The number of aromatic amines is 1. The van der Waals surface area contributed by atoms with Gasteiger partial charge >= 0.3 is 5.97 Å². The highest BCUT2D eigenvalue weighted by Gasteiger charge is 2.36. The summed E-state index contributed by atoms with van der Waals surface area (Å²) in [5.74, 6) is -0.273. The Kier molecular flexibility index (Phi) is 4.33. The molecule has 0 bridgehead atoms. The first-order valence-corrected chi connectivity index (χ1v) is 10.6. The van der Waals surface area contributed by atoms with Crippen molar-refractivity contribution >= 4 is 21.9 Å². The summed E-state index contributed by atoms with van der Waals surface area (Å²) in [6, 6.07) is 7.85. The van der Waals surface area contributed by atoms with Gasteiger partial charge in [-0.05, 0) is 55.4 Å². The Morgan fingerprint density at radius 1 is 1.31 bits per heavy atom. The van der Waals surface area contributed by atoms with E-state index < -0.39 is 5.97 Å². The lowest BCUT2D eigenvalue weighted by atomic mass is 9.74. The second-order valence-electron chi connectivity index (χ2n) is 8.11. The lowest BCUT2D eigenvalue weighted by Crippen LogP contribution is -2.48. The van der Waals surface area contributed by atoms with Gasteiger partial charge < -0.3 is 15.8 Å².